The largest absolute Gasteiger partial charge is 0.496 e. The molecular weight excluding hydrogens is 238 g/mol. The third kappa shape index (κ3) is 5.43. The van der Waals surface area contributed by atoms with Gasteiger partial charge in [0.2, 0.25) is 0 Å². The van der Waals surface area contributed by atoms with Crippen LogP contribution in [0, 0.1) is 5.92 Å². The minimum absolute atomic E-state index is 0.278. The lowest BCUT2D eigenvalue weighted by atomic mass is 9.94. The van der Waals surface area contributed by atoms with Gasteiger partial charge in [0.25, 0.3) is 0 Å². The fourth-order valence-corrected chi connectivity index (χ4v) is 2.30. The molecule has 2 N–H and O–H groups in total. The molecule has 0 heterocycles. The first-order chi connectivity index (χ1) is 9.21. The highest BCUT2D eigenvalue weighted by Crippen LogP contribution is 2.20. The minimum atomic E-state index is 0.278. The fourth-order valence-electron chi connectivity index (χ4n) is 2.30. The molecule has 19 heavy (non-hydrogen) atoms. The van der Waals surface area contributed by atoms with E-state index in [1.807, 2.05) is 24.3 Å². The first-order valence-electron chi connectivity index (χ1n) is 7.04. The number of Topliss-reactive ketones (excluding diaryl/α,β-unsaturated/α-hetero) is 1. The molecular formula is C16H25NO2. The Hall–Kier alpha value is -1.35. The SMILES string of the molecule is CCC(CCN)CCC(=O)Cc1ccccc1OC. The van der Waals surface area contributed by atoms with E-state index < -0.39 is 0 Å². The summed E-state index contributed by atoms with van der Waals surface area (Å²) in [6.07, 6.45) is 4.15. The molecule has 3 nitrogen and oxygen atoms in total. The molecule has 0 amide bonds. The van der Waals surface area contributed by atoms with Gasteiger partial charge in [0.05, 0.1) is 7.11 Å². The number of hydrogen-bond donors (Lipinski definition) is 1. The summed E-state index contributed by atoms with van der Waals surface area (Å²) in [6, 6.07) is 7.70. The van der Waals surface area contributed by atoms with Crippen LogP contribution >= 0.6 is 0 Å². The van der Waals surface area contributed by atoms with E-state index in [1.165, 1.54) is 0 Å². The Balaban J connectivity index is 2.46. The monoisotopic (exact) mass is 263 g/mol. The van der Waals surface area contributed by atoms with Crippen molar-refractivity contribution < 1.29 is 9.53 Å². The van der Waals surface area contributed by atoms with E-state index in [-0.39, 0.29) is 5.78 Å². The smallest absolute Gasteiger partial charge is 0.137 e. The standard InChI is InChI=1S/C16H25NO2/c1-3-13(10-11-17)8-9-15(18)12-14-6-4-5-7-16(14)19-2/h4-7,13H,3,8-12,17H2,1-2H3. The maximum absolute atomic E-state index is 12.0. The van der Waals surface area contributed by atoms with E-state index in [0.29, 0.717) is 25.3 Å². The van der Waals surface area contributed by atoms with E-state index in [9.17, 15) is 4.79 Å². The average Bonchev–Trinajstić information content (AvgIpc) is 2.44. The molecule has 1 atom stereocenters. The van der Waals surface area contributed by atoms with Crippen molar-refractivity contribution in [1.29, 1.82) is 0 Å². The Morgan fingerprint density at radius 1 is 1.32 bits per heavy atom. The molecule has 1 rings (SSSR count). The molecule has 0 bridgehead atoms. The molecule has 0 aliphatic rings. The molecule has 0 radical (unpaired) electrons. The predicted octanol–water partition coefficient (Wildman–Crippen LogP) is 2.96. The van der Waals surface area contributed by atoms with Crippen molar-refractivity contribution in [3.63, 3.8) is 0 Å². The van der Waals surface area contributed by atoms with Gasteiger partial charge in [0, 0.05) is 18.4 Å². The van der Waals surface area contributed by atoms with Crippen molar-refractivity contribution >= 4 is 5.78 Å². The molecule has 106 valence electrons. The second kappa shape index (κ2) is 8.70. The van der Waals surface area contributed by atoms with Crippen LogP contribution in [-0.2, 0) is 11.2 Å². The normalized spacial score (nSPS) is 12.2. The fraction of sp³-hybridized carbons (Fsp3) is 0.562. The molecule has 1 unspecified atom stereocenters. The zero-order valence-electron chi connectivity index (χ0n) is 12.0. The number of benzene rings is 1. The van der Waals surface area contributed by atoms with Crippen LogP contribution in [0.25, 0.3) is 0 Å². The van der Waals surface area contributed by atoms with Crippen molar-refractivity contribution in [3.8, 4) is 5.75 Å². The number of ether oxygens (including phenoxy) is 1. The number of carbonyl (C=O) groups is 1. The molecule has 0 aliphatic heterocycles. The summed E-state index contributed by atoms with van der Waals surface area (Å²) in [5, 5.41) is 0. The molecule has 0 aromatic heterocycles. The number of methoxy groups -OCH3 is 1. The molecule has 0 saturated carbocycles. The summed E-state index contributed by atoms with van der Waals surface area (Å²) in [5.41, 5.74) is 6.55. The molecule has 0 aliphatic carbocycles. The van der Waals surface area contributed by atoms with Crippen LogP contribution in [-0.4, -0.2) is 19.4 Å². The molecule has 1 aromatic rings. The van der Waals surface area contributed by atoms with Gasteiger partial charge in [-0.15, -0.1) is 0 Å². The maximum atomic E-state index is 12.0. The molecule has 0 spiro atoms. The van der Waals surface area contributed by atoms with E-state index in [0.717, 1.165) is 30.6 Å². The third-order valence-corrected chi connectivity index (χ3v) is 3.56. The van der Waals surface area contributed by atoms with Gasteiger partial charge in [-0.05, 0) is 31.4 Å². The maximum Gasteiger partial charge on any atom is 0.137 e. The number of nitrogens with two attached hydrogens (primary N) is 1. The Morgan fingerprint density at radius 2 is 2.05 bits per heavy atom. The lowest BCUT2D eigenvalue weighted by molar-refractivity contribution is -0.118. The first kappa shape index (κ1) is 15.7. The highest BCUT2D eigenvalue weighted by atomic mass is 16.5. The average molecular weight is 263 g/mol. The van der Waals surface area contributed by atoms with Gasteiger partial charge in [-0.3, -0.25) is 4.79 Å². The third-order valence-electron chi connectivity index (χ3n) is 3.56. The highest BCUT2D eigenvalue weighted by Gasteiger charge is 2.11. The number of hydrogen-bond acceptors (Lipinski definition) is 3. The summed E-state index contributed by atoms with van der Waals surface area (Å²) in [7, 11) is 1.64. The topological polar surface area (TPSA) is 52.3 Å². The van der Waals surface area contributed by atoms with Crippen molar-refractivity contribution in [2.45, 2.75) is 39.0 Å². The molecule has 0 fully saturated rings. The lowest BCUT2D eigenvalue weighted by Crippen LogP contribution is -2.11. The molecule has 0 saturated heterocycles. The van der Waals surface area contributed by atoms with Crippen LogP contribution in [0.2, 0.25) is 0 Å². The number of ketones is 1. The van der Waals surface area contributed by atoms with E-state index in [1.54, 1.807) is 7.11 Å². The van der Waals surface area contributed by atoms with Crippen LogP contribution in [0.15, 0.2) is 24.3 Å². The lowest BCUT2D eigenvalue weighted by Gasteiger charge is -2.13. The number of rotatable bonds is 9. The van der Waals surface area contributed by atoms with Crippen molar-refractivity contribution in [2.24, 2.45) is 11.7 Å². The summed E-state index contributed by atoms with van der Waals surface area (Å²) in [5.74, 6) is 1.65. The van der Waals surface area contributed by atoms with Crippen LogP contribution in [0.3, 0.4) is 0 Å². The number of para-hydroxylation sites is 1. The Kier molecular flexibility index (Phi) is 7.19. The van der Waals surface area contributed by atoms with Crippen molar-refractivity contribution in [1.82, 2.24) is 0 Å². The van der Waals surface area contributed by atoms with E-state index >= 15 is 0 Å². The summed E-state index contributed by atoms with van der Waals surface area (Å²) >= 11 is 0. The second-order valence-electron chi connectivity index (χ2n) is 4.92. The van der Waals surface area contributed by atoms with Crippen LogP contribution in [0.5, 0.6) is 5.75 Å². The van der Waals surface area contributed by atoms with Crippen molar-refractivity contribution in [2.75, 3.05) is 13.7 Å². The van der Waals surface area contributed by atoms with Crippen LogP contribution in [0.1, 0.15) is 38.2 Å². The molecule has 3 heteroatoms. The van der Waals surface area contributed by atoms with Gasteiger partial charge in [0.1, 0.15) is 11.5 Å². The van der Waals surface area contributed by atoms with Gasteiger partial charge in [-0.25, -0.2) is 0 Å². The second-order valence-corrected chi connectivity index (χ2v) is 4.92. The van der Waals surface area contributed by atoms with E-state index in [2.05, 4.69) is 6.92 Å². The summed E-state index contributed by atoms with van der Waals surface area (Å²) < 4.78 is 5.26. The van der Waals surface area contributed by atoms with Gasteiger partial charge >= 0.3 is 0 Å². The van der Waals surface area contributed by atoms with Gasteiger partial charge in [-0.2, -0.15) is 0 Å². The Morgan fingerprint density at radius 3 is 2.68 bits per heavy atom. The Labute approximate surface area is 116 Å². The summed E-state index contributed by atoms with van der Waals surface area (Å²) in [6.45, 7) is 2.87. The molecule has 1 aromatic carbocycles. The van der Waals surface area contributed by atoms with E-state index in [4.69, 9.17) is 10.5 Å². The Bertz CT molecular complexity index is 390. The zero-order chi connectivity index (χ0) is 14.1. The van der Waals surface area contributed by atoms with Gasteiger partial charge in [0.15, 0.2) is 0 Å². The van der Waals surface area contributed by atoms with Crippen LogP contribution in [0.4, 0.5) is 0 Å². The van der Waals surface area contributed by atoms with Gasteiger partial charge < -0.3 is 10.5 Å². The quantitative estimate of drug-likeness (QED) is 0.745. The van der Waals surface area contributed by atoms with Crippen LogP contribution < -0.4 is 10.5 Å². The first-order valence-corrected chi connectivity index (χ1v) is 7.04. The predicted molar refractivity (Wildman–Crippen MR) is 78.4 cm³/mol. The summed E-state index contributed by atoms with van der Waals surface area (Å²) in [4.78, 5) is 12.0. The number of carbonyl (C=O) groups excluding carboxylic acids is 1. The minimum Gasteiger partial charge on any atom is -0.496 e. The highest BCUT2D eigenvalue weighted by molar-refractivity contribution is 5.81. The zero-order valence-corrected chi connectivity index (χ0v) is 12.0. The van der Waals surface area contributed by atoms with Crippen molar-refractivity contribution in [3.05, 3.63) is 29.8 Å². The van der Waals surface area contributed by atoms with Gasteiger partial charge in [-0.1, -0.05) is 31.5 Å².